The molecule has 2 aliphatic rings. The van der Waals surface area contributed by atoms with Gasteiger partial charge in [-0.15, -0.1) is 0 Å². The Morgan fingerprint density at radius 1 is 1.29 bits per heavy atom. The minimum absolute atomic E-state index is 0.0558. The predicted octanol–water partition coefficient (Wildman–Crippen LogP) is 0.178. The topological polar surface area (TPSA) is 108 Å². The Hall–Kier alpha value is -2.00. The first-order valence-corrected chi connectivity index (χ1v) is 9.54. The molecular formula is C15H20N4O4S. The SMILES string of the molecule is CCS(=O)(=O)N1CCC(C2(c3ccccn3)NC(=O)NC2=O)CC1. The van der Waals surface area contributed by atoms with E-state index in [0.29, 0.717) is 31.6 Å². The highest BCUT2D eigenvalue weighted by molar-refractivity contribution is 7.89. The van der Waals surface area contributed by atoms with Crippen LogP contribution in [-0.2, 0) is 20.4 Å². The summed E-state index contributed by atoms with van der Waals surface area (Å²) < 4.78 is 25.5. The van der Waals surface area contributed by atoms with Crippen LogP contribution in [0, 0.1) is 5.92 Å². The van der Waals surface area contributed by atoms with Crippen molar-refractivity contribution in [2.75, 3.05) is 18.8 Å². The molecule has 2 saturated heterocycles. The number of nitrogens with zero attached hydrogens (tertiary/aromatic N) is 2. The van der Waals surface area contributed by atoms with E-state index in [-0.39, 0.29) is 11.7 Å². The summed E-state index contributed by atoms with van der Waals surface area (Å²) in [7, 11) is -3.25. The number of carbonyl (C=O) groups is 2. The van der Waals surface area contributed by atoms with E-state index < -0.39 is 27.5 Å². The molecule has 1 aromatic rings. The zero-order chi connectivity index (χ0) is 17.4. The van der Waals surface area contributed by atoms with Crippen molar-refractivity contribution in [2.24, 2.45) is 5.92 Å². The Bertz CT molecular complexity index is 744. The molecule has 9 heteroatoms. The lowest BCUT2D eigenvalue weighted by atomic mass is 9.75. The molecule has 3 heterocycles. The van der Waals surface area contributed by atoms with Gasteiger partial charge in [0.15, 0.2) is 5.54 Å². The van der Waals surface area contributed by atoms with Crippen LogP contribution in [-0.4, -0.2) is 48.5 Å². The van der Waals surface area contributed by atoms with Gasteiger partial charge in [-0.1, -0.05) is 6.07 Å². The summed E-state index contributed by atoms with van der Waals surface area (Å²) in [5, 5.41) is 5.04. The van der Waals surface area contributed by atoms with Crippen LogP contribution in [0.25, 0.3) is 0 Å². The number of sulfonamides is 1. The van der Waals surface area contributed by atoms with Gasteiger partial charge in [0, 0.05) is 19.3 Å². The van der Waals surface area contributed by atoms with Crippen molar-refractivity contribution >= 4 is 22.0 Å². The molecule has 0 spiro atoms. The first-order chi connectivity index (χ1) is 11.4. The molecule has 2 N–H and O–H groups in total. The maximum absolute atomic E-state index is 12.6. The van der Waals surface area contributed by atoms with Crippen molar-refractivity contribution in [1.82, 2.24) is 19.9 Å². The van der Waals surface area contributed by atoms with Crippen molar-refractivity contribution in [3.8, 4) is 0 Å². The first kappa shape index (κ1) is 16.8. The second kappa shape index (κ2) is 6.14. The molecule has 8 nitrogen and oxygen atoms in total. The van der Waals surface area contributed by atoms with Crippen molar-refractivity contribution in [3.05, 3.63) is 30.1 Å². The highest BCUT2D eigenvalue weighted by Gasteiger charge is 2.54. The monoisotopic (exact) mass is 352 g/mol. The zero-order valence-electron chi connectivity index (χ0n) is 13.4. The lowest BCUT2D eigenvalue weighted by Crippen LogP contribution is -2.54. The number of hydrogen-bond donors (Lipinski definition) is 2. The van der Waals surface area contributed by atoms with E-state index in [4.69, 9.17) is 0 Å². The molecule has 0 aromatic carbocycles. The van der Waals surface area contributed by atoms with Crippen LogP contribution >= 0.6 is 0 Å². The molecule has 130 valence electrons. The number of imide groups is 1. The number of aromatic nitrogens is 1. The van der Waals surface area contributed by atoms with E-state index in [0.717, 1.165) is 0 Å². The Morgan fingerprint density at radius 2 is 2.00 bits per heavy atom. The number of amides is 3. The standard InChI is InChI=1S/C15H20N4O4S/c1-2-24(22,23)19-9-6-11(7-10-19)15(12-5-3-4-8-16-12)13(20)17-14(21)18-15/h3-5,8,11H,2,6-7,9-10H2,1H3,(H2,17,18,20,21). The van der Waals surface area contributed by atoms with Crippen LogP contribution < -0.4 is 10.6 Å². The number of pyridine rings is 1. The van der Waals surface area contributed by atoms with E-state index in [2.05, 4.69) is 15.6 Å². The van der Waals surface area contributed by atoms with E-state index >= 15 is 0 Å². The Kier molecular flexibility index (Phi) is 4.31. The van der Waals surface area contributed by atoms with Gasteiger partial charge >= 0.3 is 6.03 Å². The van der Waals surface area contributed by atoms with Crippen LogP contribution in [0.1, 0.15) is 25.5 Å². The van der Waals surface area contributed by atoms with Crippen LogP contribution in [0.15, 0.2) is 24.4 Å². The van der Waals surface area contributed by atoms with E-state index in [1.807, 2.05) is 0 Å². The second-order valence-corrected chi connectivity index (χ2v) is 8.26. The van der Waals surface area contributed by atoms with Crippen molar-refractivity contribution < 1.29 is 18.0 Å². The van der Waals surface area contributed by atoms with Gasteiger partial charge in [0.25, 0.3) is 5.91 Å². The largest absolute Gasteiger partial charge is 0.322 e. The first-order valence-electron chi connectivity index (χ1n) is 7.93. The normalized spacial score (nSPS) is 26.2. The van der Waals surface area contributed by atoms with Gasteiger partial charge in [-0.3, -0.25) is 15.1 Å². The fourth-order valence-corrected chi connectivity index (χ4v) is 4.62. The van der Waals surface area contributed by atoms with Crippen LogP contribution in [0.2, 0.25) is 0 Å². The smallest absolute Gasteiger partial charge is 0.318 e. The average molecular weight is 352 g/mol. The fraction of sp³-hybridized carbons (Fsp3) is 0.533. The quantitative estimate of drug-likeness (QED) is 0.752. The molecule has 3 amide bonds. The molecule has 0 aliphatic carbocycles. The van der Waals surface area contributed by atoms with E-state index in [9.17, 15) is 18.0 Å². The van der Waals surface area contributed by atoms with E-state index in [1.165, 1.54) is 4.31 Å². The molecule has 3 rings (SSSR count). The van der Waals surface area contributed by atoms with Crippen LogP contribution in [0.3, 0.4) is 0 Å². The van der Waals surface area contributed by atoms with Gasteiger partial charge in [0.2, 0.25) is 10.0 Å². The van der Waals surface area contributed by atoms with Gasteiger partial charge in [-0.2, -0.15) is 0 Å². The molecule has 2 fully saturated rings. The van der Waals surface area contributed by atoms with Gasteiger partial charge < -0.3 is 5.32 Å². The molecule has 0 bridgehead atoms. The lowest BCUT2D eigenvalue weighted by Gasteiger charge is -2.39. The van der Waals surface area contributed by atoms with Crippen molar-refractivity contribution in [1.29, 1.82) is 0 Å². The molecule has 24 heavy (non-hydrogen) atoms. The van der Waals surface area contributed by atoms with Crippen molar-refractivity contribution in [3.63, 3.8) is 0 Å². The summed E-state index contributed by atoms with van der Waals surface area (Å²) in [6, 6.07) is 4.66. The highest BCUT2D eigenvalue weighted by atomic mass is 32.2. The maximum Gasteiger partial charge on any atom is 0.322 e. The number of carbonyl (C=O) groups excluding carboxylic acids is 2. The van der Waals surface area contributed by atoms with E-state index in [1.54, 1.807) is 31.3 Å². The fourth-order valence-electron chi connectivity index (χ4n) is 3.49. The summed E-state index contributed by atoms with van der Waals surface area (Å²) in [6.45, 7) is 2.28. The zero-order valence-corrected chi connectivity index (χ0v) is 14.2. The summed E-state index contributed by atoms with van der Waals surface area (Å²) >= 11 is 0. The minimum Gasteiger partial charge on any atom is -0.318 e. The molecule has 1 aromatic heterocycles. The lowest BCUT2D eigenvalue weighted by molar-refractivity contribution is -0.127. The molecule has 0 saturated carbocycles. The van der Waals surface area contributed by atoms with Gasteiger partial charge in [0.1, 0.15) is 0 Å². The Morgan fingerprint density at radius 3 is 2.50 bits per heavy atom. The van der Waals surface area contributed by atoms with Gasteiger partial charge in [0.05, 0.1) is 11.4 Å². The van der Waals surface area contributed by atoms with Gasteiger partial charge in [-0.05, 0) is 37.8 Å². The molecule has 1 atom stereocenters. The minimum atomic E-state index is -3.25. The molecule has 0 radical (unpaired) electrons. The summed E-state index contributed by atoms with van der Waals surface area (Å²) in [5.41, 5.74) is -0.759. The molecule has 1 unspecified atom stereocenters. The van der Waals surface area contributed by atoms with Crippen molar-refractivity contribution in [2.45, 2.75) is 25.3 Å². The number of nitrogens with one attached hydrogen (secondary N) is 2. The summed E-state index contributed by atoms with van der Waals surface area (Å²) in [5.74, 6) is -0.592. The predicted molar refractivity (Wildman–Crippen MR) is 86.3 cm³/mol. The average Bonchev–Trinajstić information content (AvgIpc) is 2.91. The number of hydrogen-bond acceptors (Lipinski definition) is 5. The van der Waals surface area contributed by atoms with Gasteiger partial charge in [-0.25, -0.2) is 17.5 Å². The highest BCUT2D eigenvalue weighted by Crippen LogP contribution is 2.38. The summed E-state index contributed by atoms with van der Waals surface area (Å²) in [6.07, 6.45) is 2.53. The Labute approximate surface area is 140 Å². The molecule has 2 aliphatic heterocycles. The number of urea groups is 1. The Balaban J connectivity index is 1.90. The molecular weight excluding hydrogens is 332 g/mol. The van der Waals surface area contributed by atoms with Crippen LogP contribution in [0.4, 0.5) is 4.79 Å². The second-order valence-electron chi connectivity index (χ2n) is 6.01. The third-order valence-corrected chi connectivity index (χ3v) is 6.67. The number of rotatable bonds is 4. The van der Waals surface area contributed by atoms with Crippen LogP contribution in [0.5, 0.6) is 0 Å². The number of piperidine rings is 1. The third kappa shape index (κ3) is 2.67. The maximum atomic E-state index is 12.6. The summed E-state index contributed by atoms with van der Waals surface area (Å²) in [4.78, 5) is 28.6. The third-order valence-electron chi connectivity index (χ3n) is 4.79.